The lowest BCUT2D eigenvalue weighted by atomic mass is 9.95. The zero-order valence-electron chi connectivity index (χ0n) is 22.4. The van der Waals surface area contributed by atoms with Crippen molar-refractivity contribution in [2.45, 2.75) is 63.3 Å². The number of fused-ring (bicyclic) bond motifs is 1. The number of rotatable bonds is 11. The van der Waals surface area contributed by atoms with Crippen molar-refractivity contribution in [3.05, 3.63) is 101 Å². The minimum Gasteiger partial charge on any atom is -0.493 e. The molecule has 0 aromatic heterocycles. The van der Waals surface area contributed by atoms with Crippen LogP contribution in [0.15, 0.2) is 72.8 Å². The second-order valence-electron chi connectivity index (χ2n) is 10.6. The lowest BCUT2D eigenvalue weighted by Gasteiger charge is -2.27. The van der Waals surface area contributed by atoms with Gasteiger partial charge < -0.3 is 25.8 Å². The molecule has 0 unspecified atom stereocenters. The molecule has 0 radical (unpaired) electrons. The van der Waals surface area contributed by atoms with Crippen LogP contribution in [0.25, 0.3) is 0 Å². The Morgan fingerprint density at radius 2 is 1.69 bits per heavy atom. The van der Waals surface area contributed by atoms with Crippen LogP contribution in [0, 0.1) is 0 Å². The van der Waals surface area contributed by atoms with E-state index >= 15 is 0 Å². The van der Waals surface area contributed by atoms with Crippen LogP contribution in [0.5, 0.6) is 5.75 Å². The van der Waals surface area contributed by atoms with Crippen molar-refractivity contribution in [1.82, 2.24) is 16.0 Å². The van der Waals surface area contributed by atoms with E-state index in [0.717, 1.165) is 36.0 Å². The summed E-state index contributed by atoms with van der Waals surface area (Å²) < 4.78 is 5.90. The molecule has 7 heteroatoms. The minimum atomic E-state index is -0.764. The number of carbonyl (C=O) groups is 2. The van der Waals surface area contributed by atoms with Crippen LogP contribution in [0.1, 0.15) is 69.6 Å². The number of carbonyl (C=O) groups excluding carboxylic acids is 2. The Kier molecular flexibility index (Phi) is 8.59. The molecule has 3 aromatic carbocycles. The highest BCUT2D eigenvalue weighted by Gasteiger charge is 2.29. The van der Waals surface area contributed by atoms with Crippen molar-refractivity contribution in [3.8, 4) is 5.75 Å². The SMILES string of the molecule is C[C@@H](NC(=O)c1cc2c(c(C(=O)N[C@@H](Cc3ccccc3)[C@H](O)CNC3CC3)c1)CCCO2)c1ccccc1. The highest BCUT2D eigenvalue weighted by atomic mass is 16.5. The predicted octanol–water partition coefficient (Wildman–Crippen LogP) is 3.96. The number of ether oxygens (including phenoxy) is 1. The number of hydrogen-bond donors (Lipinski definition) is 4. The summed E-state index contributed by atoms with van der Waals surface area (Å²) in [6, 6.07) is 22.7. The van der Waals surface area contributed by atoms with E-state index in [9.17, 15) is 14.7 Å². The van der Waals surface area contributed by atoms with E-state index in [4.69, 9.17) is 4.74 Å². The lowest BCUT2D eigenvalue weighted by Crippen LogP contribution is -2.49. The largest absolute Gasteiger partial charge is 0.493 e. The molecule has 4 N–H and O–H groups in total. The number of amides is 2. The Hall–Kier alpha value is -3.68. The number of aliphatic hydroxyl groups is 1. The number of aliphatic hydroxyl groups excluding tert-OH is 1. The molecule has 5 rings (SSSR count). The fourth-order valence-corrected chi connectivity index (χ4v) is 5.02. The van der Waals surface area contributed by atoms with Crippen molar-refractivity contribution < 1.29 is 19.4 Å². The molecule has 3 atom stereocenters. The van der Waals surface area contributed by atoms with Gasteiger partial charge in [0.25, 0.3) is 11.8 Å². The smallest absolute Gasteiger partial charge is 0.252 e. The summed E-state index contributed by atoms with van der Waals surface area (Å²) >= 11 is 0. The van der Waals surface area contributed by atoms with Gasteiger partial charge in [-0.2, -0.15) is 0 Å². The van der Waals surface area contributed by atoms with Crippen molar-refractivity contribution in [2.24, 2.45) is 0 Å². The van der Waals surface area contributed by atoms with Crippen LogP contribution in [0.4, 0.5) is 0 Å². The number of benzene rings is 3. The van der Waals surface area contributed by atoms with E-state index in [1.54, 1.807) is 12.1 Å². The topological polar surface area (TPSA) is 99.7 Å². The maximum Gasteiger partial charge on any atom is 0.252 e. The second kappa shape index (κ2) is 12.5. The van der Waals surface area contributed by atoms with Crippen LogP contribution in [-0.4, -0.2) is 48.3 Å². The zero-order chi connectivity index (χ0) is 27.2. The molecule has 204 valence electrons. The van der Waals surface area contributed by atoms with Gasteiger partial charge in [0.15, 0.2) is 0 Å². The average Bonchev–Trinajstić information content (AvgIpc) is 3.80. The van der Waals surface area contributed by atoms with E-state index in [0.29, 0.717) is 48.9 Å². The summed E-state index contributed by atoms with van der Waals surface area (Å²) in [6.45, 7) is 2.88. The Morgan fingerprint density at radius 3 is 2.41 bits per heavy atom. The van der Waals surface area contributed by atoms with Gasteiger partial charge in [0, 0.05) is 29.3 Å². The molecule has 7 nitrogen and oxygen atoms in total. The molecule has 0 saturated heterocycles. The third-order valence-electron chi connectivity index (χ3n) is 7.46. The molecule has 0 bridgehead atoms. The van der Waals surface area contributed by atoms with Crippen molar-refractivity contribution in [3.63, 3.8) is 0 Å². The molecule has 2 amide bonds. The fourth-order valence-electron chi connectivity index (χ4n) is 5.02. The summed E-state index contributed by atoms with van der Waals surface area (Å²) in [5.74, 6) is -0.0113. The Morgan fingerprint density at radius 1 is 0.974 bits per heavy atom. The molecule has 3 aromatic rings. The van der Waals surface area contributed by atoms with E-state index in [1.807, 2.05) is 67.6 Å². The van der Waals surface area contributed by atoms with E-state index < -0.39 is 12.1 Å². The van der Waals surface area contributed by atoms with E-state index in [2.05, 4.69) is 16.0 Å². The van der Waals surface area contributed by atoms with Gasteiger partial charge in [0.05, 0.1) is 24.8 Å². The first-order valence-corrected chi connectivity index (χ1v) is 13.9. The fraction of sp³-hybridized carbons (Fsp3) is 0.375. The highest BCUT2D eigenvalue weighted by molar-refractivity contribution is 6.02. The van der Waals surface area contributed by atoms with Gasteiger partial charge in [-0.15, -0.1) is 0 Å². The lowest BCUT2D eigenvalue weighted by molar-refractivity contribution is 0.0828. The molecule has 1 aliphatic heterocycles. The van der Waals surface area contributed by atoms with Crippen LogP contribution in [0.2, 0.25) is 0 Å². The summed E-state index contributed by atoms with van der Waals surface area (Å²) in [5, 5.41) is 20.6. The van der Waals surface area contributed by atoms with Gasteiger partial charge in [0.2, 0.25) is 0 Å². The van der Waals surface area contributed by atoms with Crippen molar-refractivity contribution in [1.29, 1.82) is 0 Å². The summed E-state index contributed by atoms with van der Waals surface area (Å²) in [4.78, 5) is 27.0. The van der Waals surface area contributed by atoms with E-state index in [1.165, 1.54) is 0 Å². The normalized spacial score (nSPS) is 16.8. The van der Waals surface area contributed by atoms with Crippen LogP contribution >= 0.6 is 0 Å². The summed E-state index contributed by atoms with van der Waals surface area (Å²) in [6.07, 6.45) is 3.45. The highest BCUT2D eigenvalue weighted by Crippen LogP contribution is 2.30. The van der Waals surface area contributed by atoms with Gasteiger partial charge >= 0.3 is 0 Å². The maximum absolute atomic E-state index is 13.8. The van der Waals surface area contributed by atoms with Gasteiger partial charge in [-0.1, -0.05) is 60.7 Å². The number of nitrogens with one attached hydrogen (secondary N) is 3. The van der Waals surface area contributed by atoms with E-state index in [-0.39, 0.29) is 17.9 Å². The van der Waals surface area contributed by atoms with Crippen LogP contribution in [-0.2, 0) is 12.8 Å². The first kappa shape index (κ1) is 26.9. The van der Waals surface area contributed by atoms with Crippen molar-refractivity contribution >= 4 is 11.8 Å². The molecular formula is C32H37N3O4. The summed E-state index contributed by atoms with van der Waals surface area (Å²) in [5.41, 5.74) is 3.62. The first-order chi connectivity index (χ1) is 19.0. The van der Waals surface area contributed by atoms with Gasteiger partial charge in [-0.25, -0.2) is 0 Å². The second-order valence-corrected chi connectivity index (χ2v) is 10.6. The minimum absolute atomic E-state index is 0.197. The Balaban J connectivity index is 1.37. The van der Waals surface area contributed by atoms with Crippen molar-refractivity contribution in [2.75, 3.05) is 13.2 Å². The average molecular weight is 528 g/mol. The van der Waals surface area contributed by atoms with Crippen LogP contribution in [0.3, 0.4) is 0 Å². The maximum atomic E-state index is 13.8. The molecule has 1 aliphatic carbocycles. The quantitative estimate of drug-likeness (QED) is 0.303. The third kappa shape index (κ3) is 7.05. The molecule has 1 heterocycles. The predicted molar refractivity (Wildman–Crippen MR) is 151 cm³/mol. The molecule has 39 heavy (non-hydrogen) atoms. The monoisotopic (exact) mass is 527 g/mol. The third-order valence-corrected chi connectivity index (χ3v) is 7.46. The number of hydrogen-bond acceptors (Lipinski definition) is 5. The molecule has 1 fully saturated rings. The van der Waals surface area contributed by atoms with Gasteiger partial charge in [0.1, 0.15) is 5.75 Å². The standard InChI is InChI=1S/C32H37N3O4/c1-21(23-11-6-3-7-12-23)34-31(37)24-18-27(26-13-8-16-39-30(26)19-24)32(38)35-28(17-22-9-4-2-5-10-22)29(36)20-33-25-14-15-25/h2-7,9-12,18-19,21,25,28-29,33,36H,8,13-17,20H2,1H3,(H,34,37)(H,35,38)/t21-,28+,29-/m1/s1. The molecular weight excluding hydrogens is 490 g/mol. The van der Waals surface area contributed by atoms with Gasteiger partial charge in [-0.3, -0.25) is 9.59 Å². The molecule has 1 saturated carbocycles. The van der Waals surface area contributed by atoms with Gasteiger partial charge in [-0.05, 0) is 62.3 Å². The zero-order valence-corrected chi connectivity index (χ0v) is 22.4. The van der Waals surface area contributed by atoms with Crippen LogP contribution < -0.4 is 20.7 Å². The summed E-state index contributed by atoms with van der Waals surface area (Å²) in [7, 11) is 0. The Bertz CT molecular complexity index is 1280. The first-order valence-electron chi connectivity index (χ1n) is 13.9. The Labute approximate surface area is 230 Å². The molecule has 0 spiro atoms. The molecule has 2 aliphatic rings.